The van der Waals surface area contributed by atoms with Gasteiger partial charge >= 0.3 is 0 Å². The first kappa shape index (κ1) is 10.4. The molecule has 0 aromatic carbocycles. The van der Waals surface area contributed by atoms with Gasteiger partial charge in [0.15, 0.2) is 16.0 Å². The SMILES string of the molecule is Cc1nc(N)sc1-c1nn2c(C3CC3)nnc2s1. The van der Waals surface area contributed by atoms with E-state index in [1.54, 1.807) is 0 Å². The predicted octanol–water partition coefficient (Wildman–Crippen LogP) is 2.08. The van der Waals surface area contributed by atoms with E-state index in [0.29, 0.717) is 11.0 Å². The molecular formula is C10H10N6S2. The van der Waals surface area contributed by atoms with Crippen LogP contribution in [-0.2, 0) is 0 Å². The number of thiazole rings is 1. The molecule has 4 rings (SSSR count). The van der Waals surface area contributed by atoms with Gasteiger partial charge in [0.25, 0.3) is 0 Å². The van der Waals surface area contributed by atoms with E-state index in [2.05, 4.69) is 20.3 Å². The van der Waals surface area contributed by atoms with Crippen LogP contribution >= 0.6 is 22.7 Å². The summed E-state index contributed by atoms with van der Waals surface area (Å²) in [6.07, 6.45) is 2.39. The van der Waals surface area contributed by atoms with Crippen LogP contribution in [0, 0.1) is 6.92 Å². The standard InChI is InChI=1S/C10H10N6S2/c1-4-6(17-9(11)12-4)8-15-16-7(5-2-3-5)13-14-10(16)18-8/h5H,2-3H2,1H3,(H2,11,12). The normalized spacial score (nSPS) is 15.6. The Hall–Kier alpha value is -1.54. The van der Waals surface area contributed by atoms with E-state index in [1.165, 1.54) is 35.5 Å². The summed E-state index contributed by atoms with van der Waals surface area (Å²) in [4.78, 5) is 6.11. The number of nitrogens with zero attached hydrogens (tertiary/aromatic N) is 5. The third-order valence-electron chi connectivity index (χ3n) is 2.96. The Balaban J connectivity index is 1.88. The van der Waals surface area contributed by atoms with Gasteiger partial charge in [0.1, 0.15) is 0 Å². The van der Waals surface area contributed by atoms with Gasteiger partial charge < -0.3 is 5.73 Å². The first-order chi connectivity index (χ1) is 8.72. The molecule has 3 aromatic rings. The van der Waals surface area contributed by atoms with Crippen molar-refractivity contribution in [3.63, 3.8) is 0 Å². The molecule has 0 atom stereocenters. The Labute approximate surface area is 110 Å². The summed E-state index contributed by atoms with van der Waals surface area (Å²) in [7, 11) is 0. The van der Waals surface area contributed by atoms with Crippen LogP contribution in [0.1, 0.15) is 30.3 Å². The van der Waals surface area contributed by atoms with Crippen LogP contribution in [0.5, 0.6) is 0 Å². The highest BCUT2D eigenvalue weighted by atomic mass is 32.1. The number of nitrogen functional groups attached to an aromatic ring is 1. The van der Waals surface area contributed by atoms with Crippen LogP contribution in [0.2, 0.25) is 0 Å². The molecule has 6 nitrogen and oxygen atoms in total. The third kappa shape index (κ3) is 1.45. The minimum absolute atomic E-state index is 0.544. The minimum atomic E-state index is 0.544. The Kier molecular flexibility index (Phi) is 2.01. The van der Waals surface area contributed by atoms with E-state index in [9.17, 15) is 0 Å². The van der Waals surface area contributed by atoms with Crippen molar-refractivity contribution in [3.05, 3.63) is 11.5 Å². The second-order valence-corrected chi connectivity index (χ2v) is 6.39. The zero-order valence-electron chi connectivity index (χ0n) is 9.62. The lowest BCUT2D eigenvalue weighted by atomic mass is 10.4. The Morgan fingerprint density at radius 3 is 2.78 bits per heavy atom. The van der Waals surface area contributed by atoms with Crippen molar-refractivity contribution >= 4 is 32.8 Å². The topological polar surface area (TPSA) is 82.0 Å². The maximum absolute atomic E-state index is 5.72. The van der Waals surface area contributed by atoms with E-state index in [-0.39, 0.29) is 0 Å². The molecule has 18 heavy (non-hydrogen) atoms. The van der Waals surface area contributed by atoms with Gasteiger partial charge in [-0.2, -0.15) is 9.61 Å². The molecule has 3 aromatic heterocycles. The number of aryl methyl sites for hydroxylation is 1. The molecule has 0 amide bonds. The Morgan fingerprint density at radius 2 is 2.11 bits per heavy atom. The fourth-order valence-electron chi connectivity index (χ4n) is 1.94. The largest absolute Gasteiger partial charge is 0.375 e. The van der Waals surface area contributed by atoms with Crippen molar-refractivity contribution < 1.29 is 0 Å². The first-order valence-corrected chi connectivity index (χ1v) is 7.31. The molecule has 0 bridgehead atoms. The highest BCUT2D eigenvalue weighted by Crippen LogP contribution is 2.40. The summed E-state index contributed by atoms with van der Waals surface area (Å²) in [6, 6.07) is 0. The molecule has 92 valence electrons. The minimum Gasteiger partial charge on any atom is -0.375 e. The molecule has 1 aliphatic rings. The van der Waals surface area contributed by atoms with Crippen molar-refractivity contribution in [2.45, 2.75) is 25.7 Å². The van der Waals surface area contributed by atoms with Gasteiger partial charge in [0, 0.05) is 5.92 Å². The molecule has 1 saturated carbocycles. The smallest absolute Gasteiger partial charge is 0.235 e. The maximum Gasteiger partial charge on any atom is 0.235 e. The van der Waals surface area contributed by atoms with Gasteiger partial charge in [0.2, 0.25) is 4.96 Å². The Bertz CT molecular complexity index is 735. The van der Waals surface area contributed by atoms with Gasteiger partial charge in [-0.05, 0) is 19.8 Å². The summed E-state index contributed by atoms with van der Waals surface area (Å²) < 4.78 is 1.87. The number of hydrogen-bond donors (Lipinski definition) is 1. The van der Waals surface area contributed by atoms with Crippen LogP contribution in [0.3, 0.4) is 0 Å². The van der Waals surface area contributed by atoms with Gasteiger partial charge in [0.05, 0.1) is 10.6 Å². The summed E-state index contributed by atoms with van der Waals surface area (Å²) in [5.41, 5.74) is 6.65. The first-order valence-electron chi connectivity index (χ1n) is 5.68. The molecule has 2 N–H and O–H groups in total. The van der Waals surface area contributed by atoms with Crippen LogP contribution in [0.4, 0.5) is 5.13 Å². The van der Waals surface area contributed by atoms with Gasteiger partial charge in [-0.25, -0.2) is 4.98 Å². The second-order valence-electron chi connectivity index (χ2n) is 4.40. The molecule has 0 aliphatic heterocycles. The van der Waals surface area contributed by atoms with Crippen molar-refractivity contribution in [3.8, 4) is 9.88 Å². The molecular weight excluding hydrogens is 268 g/mol. The quantitative estimate of drug-likeness (QED) is 0.776. The van der Waals surface area contributed by atoms with Crippen molar-refractivity contribution in [2.24, 2.45) is 0 Å². The number of hydrogen-bond acceptors (Lipinski definition) is 7. The van der Waals surface area contributed by atoms with E-state index in [0.717, 1.165) is 26.4 Å². The summed E-state index contributed by atoms with van der Waals surface area (Å²) >= 11 is 3.01. The summed E-state index contributed by atoms with van der Waals surface area (Å²) in [5.74, 6) is 1.53. The maximum atomic E-state index is 5.72. The predicted molar refractivity (Wildman–Crippen MR) is 70.9 cm³/mol. The van der Waals surface area contributed by atoms with E-state index >= 15 is 0 Å². The monoisotopic (exact) mass is 278 g/mol. The summed E-state index contributed by atoms with van der Waals surface area (Å²) in [6.45, 7) is 1.95. The zero-order valence-corrected chi connectivity index (χ0v) is 11.3. The highest BCUT2D eigenvalue weighted by molar-refractivity contribution is 7.25. The van der Waals surface area contributed by atoms with Gasteiger partial charge in [-0.3, -0.25) is 0 Å². The lowest BCUT2D eigenvalue weighted by Gasteiger charge is -1.91. The highest BCUT2D eigenvalue weighted by Gasteiger charge is 2.30. The molecule has 3 heterocycles. The van der Waals surface area contributed by atoms with E-state index in [4.69, 9.17) is 5.73 Å². The third-order valence-corrected chi connectivity index (χ3v) is 5.00. The van der Waals surface area contributed by atoms with Crippen molar-refractivity contribution in [1.82, 2.24) is 24.8 Å². The average Bonchev–Trinajstić information content (AvgIpc) is 2.81. The molecule has 0 spiro atoms. The second kappa shape index (κ2) is 3.48. The van der Waals surface area contributed by atoms with Crippen LogP contribution < -0.4 is 5.73 Å². The molecule has 0 radical (unpaired) electrons. The number of fused-ring (bicyclic) bond motifs is 1. The summed E-state index contributed by atoms with van der Waals surface area (Å²) in [5, 5.41) is 14.5. The van der Waals surface area contributed by atoms with Crippen molar-refractivity contribution in [2.75, 3.05) is 5.73 Å². The Morgan fingerprint density at radius 1 is 1.28 bits per heavy atom. The molecule has 8 heteroatoms. The molecule has 1 fully saturated rings. The van der Waals surface area contributed by atoms with Crippen LogP contribution in [0.25, 0.3) is 14.8 Å². The fraction of sp³-hybridized carbons (Fsp3) is 0.400. The van der Waals surface area contributed by atoms with Gasteiger partial charge in [-0.1, -0.05) is 22.7 Å². The van der Waals surface area contributed by atoms with Crippen molar-refractivity contribution in [1.29, 1.82) is 0 Å². The molecule has 1 aliphatic carbocycles. The fourth-order valence-corrected chi connectivity index (χ4v) is 3.74. The van der Waals surface area contributed by atoms with Crippen LogP contribution in [-0.4, -0.2) is 24.8 Å². The van der Waals surface area contributed by atoms with E-state index < -0.39 is 0 Å². The number of aromatic nitrogens is 5. The van der Waals surface area contributed by atoms with Crippen LogP contribution in [0.15, 0.2) is 0 Å². The molecule has 0 unspecified atom stereocenters. The average molecular weight is 278 g/mol. The zero-order chi connectivity index (χ0) is 12.3. The lowest BCUT2D eigenvalue weighted by Crippen LogP contribution is -1.93. The van der Waals surface area contributed by atoms with Gasteiger partial charge in [-0.15, -0.1) is 10.2 Å². The number of rotatable bonds is 2. The number of nitrogens with two attached hydrogens (primary N) is 1. The lowest BCUT2D eigenvalue weighted by molar-refractivity contribution is 0.828. The molecule has 0 saturated heterocycles. The number of anilines is 1. The van der Waals surface area contributed by atoms with E-state index in [1.807, 2.05) is 11.4 Å².